The van der Waals surface area contributed by atoms with E-state index in [9.17, 15) is 9.59 Å². The number of nitrogens with one attached hydrogen (secondary N) is 1. The van der Waals surface area contributed by atoms with E-state index >= 15 is 0 Å². The topological polar surface area (TPSA) is 64.0 Å². The molecule has 0 aromatic carbocycles. The molecule has 1 fully saturated rings. The second-order valence-corrected chi connectivity index (χ2v) is 7.78. The van der Waals surface area contributed by atoms with E-state index in [1.807, 2.05) is 13.8 Å². The van der Waals surface area contributed by atoms with Crippen LogP contribution in [0.2, 0.25) is 0 Å². The van der Waals surface area contributed by atoms with Gasteiger partial charge in [0.25, 0.3) is 5.56 Å². The molecule has 0 saturated heterocycles. The number of carbonyl (C=O) groups excluding carboxylic acids is 1. The summed E-state index contributed by atoms with van der Waals surface area (Å²) in [7, 11) is 0. The largest absolute Gasteiger partial charge is 0.352 e. The number of thiophene rings is 1. The zero-order valence-corrected chi connectivity index (χ0v) is 14.7. The van der Waals surface area contributed by atoms with E-state index in [4.69, 9.17) is 0 Å². The van der Waals surface area contributed by atoms with E-state index in [0.717, 1.165) is 34.5 Å². The Morgan fingerprint density at radius 2 is 2.13 bits per heavy atom. The van der Waals surface area contributed by atoms with Crippen LogP contribution in [0.4, 0.5) is 0 Å². The van der Waals surface area contributed by atoms with Crippen LogP contribution < -0.4 is 10.9 Å². The number of carbonyl (C=O) groups is 1. The zero-order valence-electron chi connectivity index (χ0n) is 13.9. The number of rotatable bonds is 3. The van der Waals surface area contributed by atoms with Crippen molar-refractivity contribution >= 4 is 27.5 Å². The smallest absolute Gasteiger partial charge is 0.262 e. The predicted molar refractivity (Wildman–Crippen MR) is 92.9 cm³/mol. The van der Waals surface area contributed by atoms with Crippen molar-refractivity contribution < 1.29 is 4.79 Å². The molecule has 0 bridgehead atoms. The van der Waals surface area contributed by atoms with Crippen LogP contribution in [-0.4, -0.2) is 21.5 Å². The molecular formula is C17H23N3O2S. The van der Waals surface area contributed by atoms with Crippen molar-refractivity contribution in [1.29, 1.82) is 0 Å². The average Bonchev–Trinajstić information content (AvgIpc) is 2.80. The first-order valence-electron chi connectivity index (χ1n) is 8.22. The minimum Gasteiger partial charge on any atom is -0.352 e. The van der Waals surface area contributed by atoms with Crippen LogP contribution in [-0.2, 0) is 11.3 Å². The van der Waals surface area contributed by atoms with E-state index in [1.165, 1.54) is 28.7 Å². The molecule has 0 spiro atoms. The minimum atomic E-state index is -0.122. The summed E-state index contributed by atoms with van der Waals surface area (Å²) >= 11 is 1.52. The maximum atomic E-state index is 12.6. The van der Waals surface area contributed by atoms with Crippen LogP contribution in [0.15, 0.2) is 11.1 Å². The highest BCUT2D eigenvalue weighted by Crippen LogP contribution is 2.25. The van der Waals surface area contributed by atoms with Gasteiger partial charge in [0.15, 0.2) is 0 Å². The summed E-state index contributed by atoms with van der Waals surface area (Å²) in [4.78, 5) is 31.1. The molecule has 5 nitrogen and oxygen atoms in total. The summed E-state index contributed by atoms with van der Waals surface area (Å²) in [6.07, 6.45) is 6.08. The van der Waals surface area contributed by atoms with Gasteiger partial charge >= 0.3 is 0 Å². The van der Waals surface area contributed by atoms with Crippen LogP contribution in [0.3, 0.4) is 0 Å². The van der Waals surface area contributed by atoms with E-state index in [0.29, 0.717) is 11.3 Å². The van der Waals surface area contributed by atoms with Crippen molar-refractivity contribution in [3.63, 3.8) is 0 Å². The molecule has 2 aromatic heterocycles. The molecule has 0 unspecified atom stereocenters. The molecule has 2 heterocycles. The van der Waals surface area contributed by atoms with Crippen LogP contribution in [0.25, 0.3) is 10.2 Å². The first-order chi connectivity index (χ1) is 11.0. The minimum absolute atomic E-state index is 0.0410. The van der Waals surface area contributed by atoms with Crippen LogP contribution >= 0.6 is 11.3 Å². The van der Waals surface area contributed by atoms with Crippen LogP contribution in [0.1, 0.15) is 43.0 Å². The Hall–Kier alpha value is -1.69. The highest BCUT2D eigenvalue weighted by Gasteiger charge is 2.23. The monoisotopic (exact) mass is 333 g/mol. The summed E-state index contributed by atoms with van der Waals surface area (Å²) in [5, 5.41) is 3.74. The number of aromatic nitrogens is 2. The first kappa shape index (κ1) is 16.2. The molecule has 1 amide bonds. The highest BCUT2D eigenvalue weighted by molar-refractivity contribution is 7.18. The Morgan fingerprint density at radius 3 is 2.87 bits per heavy atom. The second kappa shape index (κ2) is 6.43. The van der Waals surface area contributed by atoms with Gasteiger partial charge in [-0.15, -0.1) is 11.3 Å². The number of hydrogen-bond acceptors (Lipinski definition) is 4. The van der Waals surface area contributed by atoms with Gasteiger partial charge in [0.2, 0.25) is 5.91 Å². The third kappa shape index (κ3) is 3.17. The number of aryl methyl sites for hydroxylation is 2. The molecule has 6 heteroatoms. The molecule has 1 N–H and O–H groups in total. The number of amides is 1. The maximum absolute atomic E-state index is 12.6. The number of nitrogens with zero attached hydrogens (tertiary/aromatic N) is 2. The number of fused-ring (bicyclic) bond motifs is 1. The van der Waals surface area contributed by atoms with E-state index in [-0.39, 0.29) is 24.1 Å². The van der Waals surface area contributed by atoms with Crippen molar-refractivity contribution in [3.8, 4) is 0 Å². The second-order valence-electron chi connectivity index (χ2n) is 6.58. The van der Waals surface area contributed by atoms with E-state index < -0.39 is 0 Å². The molecular weight excluding hydrogens is 310 g/mol. The summed E-state index contributed by atoms with van der Waals surface area (Å²) in [5.74, 6) is 0.406. The maximum Gasteiger partial charge on any atom is 0.262 e. The van der Waals surface area contributed by atoms with Gasteiger partial charge in [0, 0.05) is 10.9 Å². The molecule has 23 heavy (non-hydrogen) atoms. The quantitative estimate of drug-likeness (QED) is 0.939. The summed E-state index contributed by atoms with van der Waals surface area (Å²) in [6.45, 7) is 6.15. The van der Waals surface area contributed by atoms with Gasteiger partial charge in [0.1, 0.15) is 11.4 Å². The Kier molecular flexibility index (Phi) is 4.53. The van der Waals surface area contributed by atoms with E-state index in [2.05, 4.69) is 17.2 Å². The predicted octanol–water partition coefficient (Wildman–Crippen LogP) is 2.77. The molecule has 1 aliphatic carbocycles. The Bertz CT molecular complexity index is 793. The van der Waals surface area contributed by atoms with Gasteiger partial charge in [-0.2, -0.15) is 0 Å². The first-order valence-corrected chi connectivity index (χ1v) is 9.03. The molecule has 1 saturated carbocycles. The Balaban J connectivity index is 1.78. The van der Waals surface area contributed by atoms with Gasteiger partial charge < -0.3 is 5.32 Å². The lowest BCUT2D eigenvalue weighted by molar-refractivity contribution is -0.123. The highest BCUT2D eigenvalue weighted by atomic mass is 32.1. The molecule has 2 atom stereocenters. The SMILES string of the molecule is Cc1sc2ncn(CC(=O)N[C@H]3CCCC[C@@H]3C)c(=O)c2c1C. The molecule has 3 rings (SSSR count). The molecule has 2 aromatic rings. The fraction of sp³-hybridized carbons (Fsp3) is 0.588. The molecule has 0 aliphatic heterocycles. The van der Waals surface area contributed by atoms with Gasteiger partial charge in [-0.1, -0.05) is 19.8 Å². The summed E-state index contributed by atoms with van der Waals surface area (Å²) < 4.78 is 1.42. The van der Waals surface area contributed by atoms with Crippen molar-refractivity contribution in [2.24, 2.45) is 5.92 Å². The summed E-state index contributed by atoms with van der Waals surface area (Å²) in [5.41, 5.74) is 0.849. The van der Waals surface area contributed by atoms with Gasteiger partial charge in [-0.05, 0) is 38.2 Å². The average molecular weight is 333 g/mol. The van der Waals surface area contributed by atoms with Crippen molar-refractivity contribution in [2.45, 2.75) is 59.0 Å². The van der Waals surface area contributed by atoms with Crippen molar-refractivity contribution in [3.05, 3.63) is 27.1 Å². The standard InChI is InChI=1S/C17H23N3O2S/c1-10-6-4-5-7-13(10)19-14(21)8-20-9-18-16-15(17(20)22)11(2)12(3)23-16/h9-10,13H,4-8H2,1-3H3,(H,19,21)/t10-,13-/m0/s1. The van der Waals surface area contributed by atoms with Crippen molar-refractivity contribution in [1.82, 2.24) is 14.9 Å². The van der Waals surface area contributed by atoms with E-state index in [1.54, 1.807) is 0 Å². The Labute approximate surface area is 139 Å². The van der Waals surface area contributed by atoms with Gasteiger partial charge in [-0.25, -0.2) is 4.98 Å². The third-order valence-electron chi connectivity index (χ3n) is 4.93. The lowest BCUT2D eigenvalue weighted by Gasteiger charge is -2.29. The Morgan fingerprint density at radius 1 is 1.39 bits per heavy atom. The molecule has 124 valence electrons. The summed E-state index contributed by atoms with van der Waals surface area (Å²) in [6, 6.07) is 0.230. The molecule has 0 radical (unpaired) electrons. The van der Waals surface area contributed by atoms with Crippen LogP contribution in [0, 0.1) is 19.8 Å². The normalized spacial score (nSPS) is 21.5. The zero-order chi connectivity index (χ0) is 16.6. The fourth-order valence-corrected chi connectivity index (χ4v) is 4.31. The van der Waals surface area contributed by atoms with Crippen molar-refractivity contribution in [2.75, 3.05) is 0 Å². The van der Waals surface area contributed by atoms with Gasteiger partial charge in [-0.3, -0.25) is 14.2 Å². The lowest BCUT2D eigenvalue weighted by atomic mass is 9.86. The van der Waals surface area contributed by atoms with Crippen LogP contribution in [0.5, 0.6) is 0 Å². The number of hydrogen-bond donors (Lipinski definition) is 1. The molecule has 1 aliphatic rings. The van der Waals surface area contributed by atoms with Gasteiger partial charge in [0.05, 0.1) is 11.7 Å². The third-order valence-corrected chi connectivity index (χ3v) is 6.04. The fourth-order valence-electron chi connectivity index (χ4n) is 3.32. The lowest BCUT2D eigenvalue weighted by Crippen LogP contribution is -2.43.